The molecule has 1 N–H and O–H groups in total. The van der Waals surface area contributed by atoms with Crippen LogP contribution in [-0.4, -0.2) is 19.8 Å². The van der Waals surface area contributed by atoms with Crippen LogP contribution >= 0.6 is 23.2 Å². The quantitative estimate of drug-likeness (QED) is 0.424. The molecule has 162 valence electrons. The molecule has 0 unspecified atom stereocenters. The maximum atomic E-state index is 6.31. The Labute approximate surface area is 191 Å². The predicted molar refractivity (Wildman–Crippen MR) is 123 cm³/mol. The summed E-state index contributed by atoms with van der Waals surface area (Å²) in [5.41, 5.74) is 2.74. The van der Waals surface area contributed by atoms with E-state index in [9.17, 15) is 0 Å². The van der Waals surface area contributed by atoms with Crippen LogP contribution in [0.1, 0.15) is 18.1 Å². The third kappa shape index (κ3) is 5.30. The summed E-state index contributed by atoms with van der Waals surface area (Å²) in [6.07, 6.45) is 0. The van der Waals surface area contributed by atoms with Gasteiger partial charge in [0.2, 0.25) is 0 Å². The van der Waals surface area contributed by atoms with Crippen molar-refractivity contribution in [1.82, 2.24) is 0 Å². The Hall–Kier alpha value is -2.76. The molecule has 0 amide bonds. The van der Waals surface area contributed by atoms with Crippen molar-refractivity contribution >= 4 is 28.9 Å². The molecule has 0 fully saturated rings. The lowest BCUT2D eigenvalue weighted by Crippen LogP contribution is -2.15. The fourth-order valence-electron chi connectivity index (χ4n) is 3.27. The summed E-state index contributed by atoms with van der Waals surface area (Å²) in [5, 5.41) is 4.58. The van der Waals surface area contributed by atoms with Gasteiger partial charge in [-0.1, -0.05) is 41.4 Å². The highest BCUT2D eigenvalue weighted by molar-refractivity contribution is 6.35. The molecule has 0 radical (unpaired) electrons. The van der Waals surface area contributed by atoms with E-state index in [2.05, 4.69) is 5.32 Å². The number of halogens is 2. The number of hydrogen-bond donors (Lipinski definition) is 1. The molecule has 31 heavy (non-hydrogen) atoms. The largest absolute Gasteiger partial charge is 0.490 e. The van der Waals surface area contributed by atoms with E-state index in [0.717, 1.165) is 28.3 Å². The summed E-state index contributed by atoms with van der Waals surface area (Å²) in [4.78, 5) is 0. The summed E-state index contributed by atoms with van der Waals surface area (Å²) in [6.45, 7) is 4.46. The molecule has 0 aromatic heterocycles. The van der Waals surface area contributed by atoms with Crippen LogP contribution in [0.15, 0.2) is 54.6 Å². The minimum Gasteiger partial charge on any atom is -0.490 e. The number of anilines is 1. The average Bonchev–Trinajstić information content (AvgIpc) is 2.78. The van der Waals surface area contributed by atoms with Crippen molar-refractivity contribution in [3.05, 3.63) is 75.8 Å². The average molecular weight is 460 g/mol. The number of rotatable bonds is 8. The van der Waals surface area contributed by atoms with Crippen LogP contribution in [0.2, 0.25) is 10.0 Å². The molecule has 0 saturated heterocycles. The Bertz CT molecular complexity index is 1060. The smallest absolute Gasteiger partial charge is 0.166 e. The molecular formula is C24H23Cl2NO4. The molecule has 3 aromatic carbocycles. The third-order valence-electron chi connectivity index (χ3n) is 4.77. The van der Waals surface area contributed by atoms with Gasteiger partial charge in [0.05, 0.1) is 6.61 Å². The van der Waals surface area contributed by atoms with E-state index in [0.29, 0.717) is 54.5 Å². The van der Waals surface area contributed by atoms with Crippen molar-refractivity contribution in [2.24, 2.45) is 0 Å². The zero-order valence-electron chi connectivity index (χ0n) is 17.1. The predicted octanol–water partition coefficient (Wildman–Crippen LogP) is 6.35. The molecule has 7 heteroatoms. The van der Waals surface area contributed by atoms with E-state index in [1.807, 2.05) is 49.4 Å². The lowest BCUT2D eigenvalue weighted by atomic mass is 10.1. The van der Waals surface area contributed by atoms with Gasteiger partial charge in [0.15, 0.2) is 23.0 Å². The molecular weight excluding hydrogens is 437 g/mol. The number of fused-ring (bicyclic) bond motifs is 1. The highest BCUT2D eigenvalue weighted by Crippen LogP contribution is 2.35. The molecule has 0 atom stereocenters. The topological polar surface area (TPSA) is 49.0 Å². The van der Waals surface area contributed by atoms with E-state index in [4.69, 9.17) is 42.1 Å². The van der Waals surface area contributed by atoms with Crippen LogP contribution in [0.3, 0.4) is 0 Å². The summed E-state index contributed by atoms with van der Waals surface area (Å²) in [6, 6.07) is 17.0. The molecule has 0 saturated carbocycles. The second kappa shape index (κ2) is 10.0. The van der Waals surface area contributed by atoms with Crippen LogP contribution in [0, 0.1) is 0 Å². The first-order valence-electron chi connectivity index (χ1n) is 10.1. The first-order chi connectivity index (χ1) is 15.1. The summed E-state index contributed by atoms with van der Waals surface area (Å²) in [5.74, 6) is 2.88. The van der Waals surface area contributed by atoms with E-state index in [1.165, 1.54) is 0 Å². The maximum absolute atomic E-state index is 6.31. The highest BCUT2D eigenvalue weighted by atomic mass is 35.5. The molecule has 1 aliphatic rings. The van der Waals surface area contributed by atoms with E-state index in [-0.39, 0.29) is 0 Å². The van der Waals surface area contributed by atoms with Gasteiger partial charge in [0.25, 0.3) is 0 Å². The number of benzene rings is 3. The van der Waals surface area contributed by atoms with Crippen LogP contribution in [-0.2, 0) is 13.2 Å². The molecule has 5 nitrogen and oxygen atoms in total. The second-order valence-electron chi connectivity index (χ2n) is 6.91. The Morgan fingerprint density at radius 3 is 2.55 bits per heavy atom. The van der Waals surface area contributed by atoms with Gasteiger partial charge in [-0.15, -0.1) is 0 Å². The molecule has 3 aromatic rings. The van der Waals surface area contributed by atoms with Gasteiger partial charge in [0, 0.05) is 39.5 Å². The van der Waals surface area contributed by atoms with Crippen molar-refractivity contribution in [3.63, 3.8) is 0 Å². The number of nitrogens with one attached hydrogen (secondary N) is 1. The van der Waals surface area contributed by atoms with Gasteiger partial charge in [-0.3, -0.25) is 0 Å². The molecule has 1 aliphatic heterocycles. The van der Waals surface area contributed by atoms with Gasteiger partial charge in [-0.05, 0) is 37.3 Å². The highest BCUT2D eigenvalue weighted by Gasteiger charge is 2.14. The Morgan fingerprint density at radius 2 is 1.74 bits per heavy atom. The van der Waals surface area contributed by atoms with Crippen molar-refractivity contribution in [2.45, 2.75) is 20.1 Å². The first kappa shape index (κ1) is 21.5. The Balaban J connectivity index is 1.52. The molecule has 0 aliphatic carbocycles. The van der Waals surface area contributed by atoms with Crippen molar-refractivity contribution in [2.75, 3.05) is 25.1 Å². The van der Waals surface area contributed by atoms with Crippen LogP contribution in [0.5, 0.6) is 23.0 Å². The lowest BCUT2D eigenvalue weighted by Gasteiger charge is -2.20. The fourth-order valence-corrected chi connectivity index (χ4v) is 3.74. The van der Waals surface area contributed by atoms with Crippen LogP contribution in [0.25, 0.3) is 0 Å². The summed E-state index contributed by atoms with van der Waals surface area (Å²) >= 11 is 12.3. The van der Waals surface area contributed by atoms with Gasteiger partial charge in [-0.25, -0.2) is 0 Å². The van der Waals surface area contributed by atoms with Gasteiger partial charge in [-0.2, -0.15) is 0 Å². The zero-order chi connectivity index (χ0) is 21.6. The third-order valence-corrected chi connectivity index (χ3v) is 5.36. The fraction of sp³-hybridized carbons (Fsp3) is 0.250. The SMILES string of the molecule is CCOc1cccc(CNc2ccc3c(c2)OCCO3)c1OCc1ccc(Cl)cc1Cl. The monoisotopic (exact) mass is 459 g/mol. The van der Waals surface area contributed by atoms with Crippen molar-refractivity contribution in [3.8, 4) is 23.0 Å². The minimum absolute atomic E-state index is 0.303. The maximum Gasteiger partial charge on any atom is 0.166 e. The van der Waals surface area contributed by atoms with E-state index < -0.39 is 0 Å². The second-order valence-corrected chi connectivity index (χ2v) is 7.76. The lowest BCUT2D eigenvalue weighted by molar-refractivity contribution is 0.171. The molecule has 0 bridgehead atoms. The summed E-state index contributed by atoms with van der Waals surface area (Å²) in [7, 11) is 0. The standard InChI is InChI=1S/C24H23Cl2NO4/c1-2-28-22-5-3-4-16(24(22)31-15-17-6-7-18(25)12-20(17)26)14-27-19-8-9-21-23(13-19)30-11-10-29-21/h3-9,12-13,27H,2,10-11,14-15H2,1H3. The van der Waals surface area contributed by atoms with Crippen molar-refractivity contribution < 1.29 is 18.9 Å². The number of para-hydroxylation sites is 1. The van der Waals surface area contributed by atoms with Gasteiger partial charge >= 0.3 is 0 Å². The Morgan fingerprint density at radius 1 is 0.903 bits per heavy atom. The molecule has 1 heterocycles. The first-order valence-corrected chi connectivity index (χ1v) is 10.8. The zero-order valence-corrected chi connectivity index (χ0v) is 18.6. The molecule has 0 spiro atoms. The van der Waals surface area contributed by atoms with Crippen LogP contribution < -0.4 is 24.3 Å². The minimum atomic E-state index is 0.303. The molecule has 4 rings (SSSR count). The van der Waals surface area contributed by atoms with Crippen LogP contribution in [0.4, 0.5) is 5.69 Å². The Kier molecular flexibility index (Phi) is 6.95. The van der Waals surface area contributed by atoms with E-state index >= 15 is 0 Å². The van der Waals surface area contributed by atoms with E-state index in [1.54, 1.807) is 12.1 Å². The van der Waals surface area contributed by atoms with Gasteiger partial charge in [0.1, 0.15) is 19.8 Å². The number of hydrogen-bond acceptors (Lipinski definition) is 5. The number of ether oxygens (including phenoxy) is 4. The summed E-state index contributed by atoms with van der Waals surface area (Å²) < 4.78 is 23.2. The van der Waals surface area contributed by atoms with Gasteiger partial charge < -0.3 is 24.3 Å². The normalized spacial score (nSPS) is 12.4. The van der Waals surface area contributed by atoms with Crippen molar-refractivity contribution in [1.29, 1.82) is 0 Å².